The molecule has 3 rings (SSSR count). The van der Waals surface area contributed by atoms with Crippen molar-refractivity contribution in [1.29, 1.82) is 0 Å². The van der Waals surface area contributed by atoms with Crippen molar-refractivity contribution in [2.45, 2.75) is 11.4 Å². The normalized spacial score (nSPS) is 11.6. The number of sulfonamides is 1. The predicted molar refractivity (Wildman–Crippen MR) is 91.3 cm³/mol. The van der Waals surface area contributed by atoms with Crippen LogP contribution in [0.2, 0.25) is 5.02 Å². The Hall–Kier alpha value is -1.94. The van der Waals surface area contributed by atoms with Crippen LogP contribution in [0.25, 0.3) is 5.00 Å². The van der Waals surface area contributed by atoms with E-state index in [1.807, 2.05) is 17.5 Å². The van der Waals surface area contributed by atoms with Gasteiger partial charge >= 0.3 is 0 Å². The number of hydrogen-bond donors (Lipinski definition) is 1. The summed E-state index contributed by atoms with van der Waals surface area (Å²) >= 11 is 7.39. The third-order valence-corrected chi connectivity index (χ3v) is 5.65. The average Bonchev–Trinajstić information content (AvgIpc) is 3.24. The number of rotatable bonds is 6. The molecule has 1 aromatic carbocycles. The van der Waals surface area contributed by atoms with Gasteiger partial charge in [-0.1, -0.05) is 16.8 Å². The second-order valence-corrected chi connectivity index (χ2v) is 7.82. The van der Waals surface area contributed by atoms with E-state index in [1.54, 1.807) is 16.9 Å². The fraction of sp³-hybridized carbons (Fsp3) is 0.143. The molecule has 0 fully saturated rings. The molecular weight excluding hydrogens is 372 g/mol. The van der Waals surface area contributed by atoms with Crippen LogP contribution in [0.4, 0.5) is 0 Å². The van der Waals surface area contributed by atoms with Crippen LogP contribution in [0.5, 0.6) is 5.75 Å². The molecule has 0 amide bonds. The molecule has 2 heterocycles. The Kier molecular flexibility index (Phi) is 4.86. The first-order valence-corrected chi connectivity index (χ1v) is 9.52. The average molecular weight is 385 g/mol. The number of nitrogens with zero attached hydrogens (tertiary/aromatic N) is 3. The zero-order chi connectivity index (χ0) is 17.2. The van der Waals surface area contributed by atoms with Gasteiger partial charge in [0, 0.05) is 5.02 Å². The summed E-state index contributed by atoms with van der Waals surface area (Å²) in [5.41, 5.74) is 0.493. The fourth-order valence-electron chi connectivity index (χ4n) is 1.99. The molecule has 24 heavy (non-hydrogen) atoms. The number of thiophene rings is 1. The number of nitrogens with one attached hydrogen (secondary N) is 1. The van der Waals surface area contributed by atoms with Crippen LogP contribution >= 0.6 is 22.9 Å². The van der Waals surface area contributed by atoms with E-state index in [0.717, 1.165) is 5.00 Å². The highest BCUT2D eigenvalue weighted by Gasteiger charge is 2.20. The van der Waals surface area contributed by atoms with Gasteiger partial charge in [-0.25, -0.2) is 17.8 Å². The molecule has 0 aliphatic carbocycles. The number of hydrogen-bond acceptors (Lipinski definition) is 6. The van der Waals surface area contributed by atoms with Gasteiger partial charge in [0.25, 0.3) is 0 Å². The zero-order valence-electron chi connectivity index (χ0n) is 12.5. The summed E-state index contributed by atoms with van der Waals surface area (Å²) in [6, 6.07) is 8.20. The second-order valence-electron chi connectivity index (χ2n) is 4.73. The van der Waals surface area contributed by atoms with E-state index in [2.05, 4.69) is 15.0 Å². The van der Waals surface area contributed by atoms with Crippen molar-refractivity contribution >= 4 is 33.0 Å². The van der Waals surface area contributed by atoms with Gasteiger partial charge in [-0.2, -0.15) is 0 Å². The molecule has 0 unspecified atom stereocenters. The van der Waals surface area contributed by atoms with Crippen molar-refractivity contribution in [3.63, 3.8) is 0 Å². The Morgan fingerprint density at radius 1 is 1.38 bits per heavy atom. The highest BCUT2D eigenvalue weighted by Crippen LogP contribution is 2.27. The van der Waals surface area contributed by atoms with Gasteiger partial charge in [-0.3, -0.25) is 0 Å². The number of halogens is 1. The maximum absolute atomic E-state index is 12.5. The minimum atomic E-state index is -3.80. The van der Waals surface area contributed by atoms with Crippen molar-refractivity contribution in [2.75, 3.05) is 7.11 Å². The summed E-state index contributed by atoms with van der Waals surface area (Å²) in [7, 11) is -2.40. The van der Waals surface area contributed by atoms with E-state index in [-0.39, 0.29) is 17.2 Å². The lowest BCUT2D eigenvalue weighted by Gasteiger charge is -2.10. The first-order chi connectivity index (χ1) is 11.5. The van der Waals surface area contributed by atoms with E-state index in [1.165, 1.54) is 30.6 Å². The number of ether oxygens (including phenoxy) is 1. The Labute approximate surface area is 147 Å². The van der Waals surface area contributed by atoms with Crippen LogP contribution in [0.1, 0.15) is 5.69 Å². The lowest BCUT2D eigenvalue weighted by Crippen LogP contribution is -2.24. The van der Waals surface area contributed by atoms with E-state index in [4.69, 9.17) is 16.3 Å². The quantitative estimate of drug-likeness (QED) is 0.705. The van der Waals surface area contributed by atoms with Gasteiger partial charge in [0.1, 0.15) is 15.6 Å². The van der Waals surface area contributed by atoms with Crippen LogP contribution in [-0.4, -0.2) is 30.5 Å². The lowest BCUT2D eigenvalue weighted by atomic mass is 10.3. The highest BCUT2D eigenvalue weighted by atomic mass is 35.5. The van der Waals surface area contributed by atoms with Crippen LogP contribution in [0.15, 0.2) is 46.8 Å². The van der Waals surface area contributed by atoms with Gasteiger partial charge in [-0.15, -0.1) is 16.4 Å². The molecule has 0 aliphatic rings. The van der Waals surface area contributed by atoms with Crippen LogP contribution in [-0.2, 0) is 16.6 Å². The molecule has 3 aromatic rings. The molecule has 0 saturated carbocycles. The molecular formula is C14H13ClN4O3S2. The van der Waals surface area contributed by atoms with E-state index in [9.17, 15) is 8.42 Å². The van der Waals surface area contributed by atoms with Crippen molar-refractivity contribution in [3.05, 3.63) is 52.6 Å². The fourth-order valence-corrected chi connectivity index (χ4v) is 4.07. The van der Waals surface area contributed by atoms with E-state index in [0.29, 0.717) is 10.7 Å². The third kappa shape index (κ3) is 3.59. The maximum atomic E-state index is 12.5. The maximum Gasteiger partial charge on any atom is 0.244 e. The molecule has 126 valence electrons. The molecule has 0 spiro atoms. The molecule has 10 heteroatoms. The molecule has 2 aromatic heterocycles. The Morgan fingerprint density at radius 3 is 2.92 bits per heavy atom. The number of methoxy groups -OCH3 is 1. The standard InChI is InChI=1S/C14H13ClN4O3S2/c1-22-12-5-4-10(15)7-13(12)24(20,21)16-8-11-9-19(18-17-11)14-3-2-6-23-14/h2-7,9,16H,8H2,1H3. The van der Waals surface area contributed by atoms with E-state index >= 15 is 0 Å². The van der Waals surface area contributed by atoms with Crippen molar-refractivity contribution in [2.24, 2.45) is 0 Å². The van der Waals surface area contributed by atoms with Gasteiger partial charge < -0.3 is 4.74 Å². The molecule has 0 aliphatic heterocycles. The van der Waals surface area contributed by atoms with Crippen LogP contribution < -0.4 is 9.46 Å². The predicted octanol–water partition coefficient (Wildman–Crippen LogP) is 2.47. The highest BCUT2D eigenvalue weighted by molar-refractivity contribution is 7.89. The second kappa shape index (κ2) is 6.89. The van der Waals surface area contributed by atoms with Crippen molar-refractivity contribution in [3.8, 4) is 10.8 Å². The summed E-state index contributed by atoms with van der Waals surface area (Å²) in [6.45, 7) is 0.00335. The summed E-state index contributed by atoms with van der Waals surface area (Å²) in [6.07, 6.45) is 1.67. The Balaban J connectivity index is 1.77. The third-order valence-electron chi connectivity index (χ3n) is 3.13. The number of aromatic nitrogens is 3. The molecule has 1 N–H and O–H groups in total. The molecule has 7 nitrogen and oxygen atoms in total. The molecule has 0 atom stereocenters. The minimum absolute atomic E-state index is 0.00335. The Bertz CT molecular complexity index is 939. The van der Waals surface area contributed by atoms with Crippen molar-refractivity contribution < 1.29 is 13.2 Å². The largest absolute Gasteiger partial charge is 0.495 e. The first kappa shape index (κ1) is 16.9. The molecule has 0 bridgehead atoms. The number of benzene rings is 1. The summed E-state index contributed by atoms with van der Waals surface area (Å²) in [4.78, 5) is -0.0249. The molecule has 0 radical (unpaired) electrons. The van der Waals surface area contributed by atoms with Gasteiger partial charge in [-0.05, 0) is 35.7 Å². The first-order valence-electron chi connectivity index (χ1n) is 6.78. The summed E-state index contributed by atoms with van der Waals surface area (Å²) < 4.78 is 34.1. The van der Waals surface area contributed by atoms with Gasteiger partial charge in [0.2, 0.25) is 10.0 Å². The van der Waals surface area contributed by atoms with Gasteiger partial charge in [0.05, 0.1) is 25.5 Å². The van der Waals surface area contributed by atoms with E-state index < -0.39 is 10.0 Å². The lowest BCUT2D eigenvalue weighted by molar-refractivity contribution is 0.402. The Morgan fingerprint density at radius 2 is 2.21 bits per heavy atom. The summed E-state index contributed by atoms with van der Waals surface area (Å²) in [5, 5.41) is 11.1. The monoisotopic (exact) mass is 384 g/mol. The zero-order valence-corrected chi connectivity index (χ0v) is 14.9. The van der Waals surface area contributed by atoms with Gasteiger partial charge in [0.15, 0.2) is 0 Å². The summed E-state index contributed by atoms with van der Waals surface area (Å²) in [5.74, 6) is 0.217. The smallest absolute Gasteiger partial charge is 0.244 e. The molecule has 0 saturated heterocycles. The minimum Gasteiger partial charge on any atom is -0.495 e. The SMILES string of the molecule is COc1ccc(Cl)cc1S(=O)(=O)NCc1cn(-c2cccs2)nn1. The van der Waals surface area contributed by atoms with Crippen molar-refractivity contribution in [1.82, 2.24) is 19.7 Å². The van der Waals surface area contributed by atoms with Crippen LogP contribution in [0.3, 0.4) is 0 Å². The topological polar surface area (TPSA) is 86.1 Å². The van der Waals surface area contributed by atoms with Crippen LogP contribution in [0, 0.1) is 0 Å².